The Bertz CT molecular complexity index is 604. The van der Waals surface area contributed by atoms with Crippen molar-refractivity contribution in [3.05, 3.63) is 28.1 Å². The second-order valence-corrected chi connectivity index (χ2v) is 3.63. The van der Waals surface area contributed by atoms with Gasteiger partial charge in [-0.2, -0.15) is 4.98 Å². The third kappa shape index (κ3) is 2.08. The van der Waals surface area contributed by atoms with Crippen molar-refractivity contribution < 1.29 is 9.15 Å². The van der Waals surface area contributed by atoms with Crippen molar-refractivity contribution in [2.24, 2.45) is 0 Å². The summed E-state index contributed by atoms with van der Waals surface area (Å²) in [7, 11) is 0. The van der Waals surface area contributed by atoms with Gasteiger partial charge in [0.15, 0.2) is 0 Å². The van der Waals surface area contributed by atoms with Gasteiger partial charge >= 0.3 is 11.7 Å². The monoisotopic (exact) mass is 234 g/mol. The molecule has 2 N–H and O–H groups in total. The zero-order valence-electron chi connectivity index (χ0n) is 9.82. The predicted octanol–water partition coefficient (Wildman–Crippen LogP) is 1.73. The number of hydrogen-bond acceptors (Lipinski definition) is 5. The first-order valence-corrected chi connectivity index (χ1v) is 5.51. The van der Waals surface area contributed by atoms with Gasteiger partial charge in [-0.05, 0) is 31.0 Å². The molecule has 0 atom stereocenters. The number of aromatic nitrogens is 1. The van der Waals surface area contributed by atoms with Crippen LogP contribution in [0.5, 0.6) is 6.08 Å². The van der Waals surface area contributed by atoms with E-state index >= 15 is 0 Å². The SMILES string of the molecule is CCOc1nc2cc(N)cc(CC)c2c(=O)o1. The quantitative estimate of drug-likeness (QED) is 0.818. The van der Waals surface area contributed by atoms with Gasteiger partial charge in [0.2, 0.25) is 0 Å². The van der Waals surface area contributed by atoms with E-state index in [2.05, 4.69) is 4.98 Å². The molecule has 2 aromatic rings. The summed E-state index contributed by atoms with van der Waals surface area (Å²) in [6.07, 6.45) is 0.680. The van der Waals surface area contributed by atoms with Crippen LogP contribution in [0.25, 0.3) is 10.9 Å². The summed E-state index contributed by atoms with van der Waals surface area (Å²) < 4.78 is 10.1. The Labute approximate surface area is 98.2 Å². The van der Waals surface area contributed by atoms with Crippen LogP contribution < -0.4 is 16.1 Å². The second kappa shape index (κ2) is 4.45. The lowest BCUT2D eigenvalue weighted by atomic mass is 10.1. The van der Waals surface area contributed by atoms with Gasteiger partial charge in [0.25, 0.3) is 0 Å². The number of fused-ring (bicyclic) bond motifs is 1. The molecular weight excluding hydrogens is 220 g/mol. The fraction of sp³-hybridized carbons (Fsp3) is 0.333. The van der Waals surface area contributed by atoms with Crippen molar-refractivity contribution in [1.82, 2.24) is 4.98 Å². The highest BCUT2D eigenvalue weighted by molar-refractivity contribution is 5.84. The summed E-state index contributed by atoms with van der Waals surface area (Å²) >= 11 is 0. The van der Waals surface area contributed by atoms with Gasteiger partial charge in [-0.3, -0.25) is 0 Å². The van der Waals surface area contributed by atoms with Gasteiger partial charge in [0.05, 0.1) is 17.5 Å². The van der Waals surface area contributed by atoms with Gasteiger partial charge in [-0.25, -0.2) is 4.79 Å². The van der Waals surface area contributed by atoms with Crippen LogP contribution in [0.2, 0.25) is 0 Å². The summed E-state index contributed by atoms with van der Waals surface area (Å²) in [6.45, 7) is 4.14. The maximum absolute atomic E-state index is 11.8. The largest absolute Gasteiger partial charge is 0.450 e. The van der Waals surface area contributed by atoms with Crippen LogP contribution >= 0.6 is 0 Å². The van der Waals surface area contributed by atoms with Crippen LogP contribution in [-0.4, -0.2) is 11.6 Å². The van der Waals surface area contributed by atoms with Gasteiger partial charge in [0, 0.05) is 5.69 Å². The lowest BCUT2D eigenvalue weighted by molar-refractivity contribution is 0.229. The van der Waals surface area contributed by atoms with E-state index in [0.717, 1.165) is 5.56 Å². The Morgan fingerprint density at radius 3 is 2.82 bits per heavy atom. The number of nitrogen functional groups attached to an aromatic ring is 1. The molecule has 0 spiro atoms. The fourth-order valence-corrected chi connectivity index (χ4v) is 1.75. The third-order valence-corrected chi connectivity index (χ3v) is 2.47. The lowest BCUT2D eigenvalue weighted by Gasteiger charge is -2.06. The summed E-state index contributed by atoms with van der Waals surface area (Å²) in [5, 5.41) is 0.477. The molecule has 2 rings (SSSR count). The Hall–Kier alpha value is -2.04. The topological polar surface area (TPSA) is 78.4 Å². The Kier molecular flexibility index (Phi) is 2.99. The first-order chi connectivity index (χ1) is 8.15. The Morgan fingerprint density at radius 2 is 2.18 bits per heavy atom. The maximum atomic E-state index is 11.8. The van der Waals surface area contributed by atoms with E-state index in [-0.39, 0.29) is 6.08 Å². The number of nitrogens with zero attached hydrogens (tertiary/aromatic N) is 1. The van der Waals surface area contributed by atoms with E-state index in [4.69, 9.17) is 14.9 Å². The van der Waals surface area contributed by atoms with E-state index in [1.54, 1.807) is 19.1 Å². The number of benzene rings is 1. The van der Waals surface area contributed by atoms with Crippen molar-refractivity contribution in [3.8, 4) is 6.08 Å². The van der Waals surface area contributed by atoms with Crippen molar-refractivity contribution >= 4 is 16.6 Å². The first-order valence-electron chi connectivity index (χ1n) is 5.51. The molecule has 17 heavy (non-hydrogen) atoms. The molecule has 5 heteroatoms. The zero-order valence-corrected chi connectivity index (χ0v) is 9.82. The van der Waals surface area contributed by atoms with Gasteiger partial charge in [0.1, 0.15) is 0 Å². The summed E-state index contributed by atoms with van der Waals surface area (Å²) in [5.41, 5.74) is 7.26. The molecule has 1 heterocycles. The van der Waals surface area contributed by atoms with Crippen molar-refractivity contribution in [2.45, 2.75) is 20.3 Å². The number of aryl methyl sites for hydroxylation is 1. The van der Waals surface area contributed by atoms with Crippen LogP contribution in [0, 0.1) is 0 Å². The molecule has 90 valence electrons. The summed E-state index contributed by atoms with van der Waals surface area (Å²) in [6, 6.07) is 3.41. The summed E-state index contributed by atoms with van der Waals surface area (Å²) in [5.74, 6) is 0. The van der Waals surface area contributed by atoms with Crippen LogP contribution in [0.3, 0.4) is 0 Å². The molecule has 5 nitrogen and oxygen atoms in total. The number of ether oxygens (including phenoxy) is 1. The number of anilines is 1. The third-order valence-electron chi connectivity index (χ3n) is 2.47. The molecule has 1 aromatic heterocycles. The molecule has 0 radical (unpaired) electrons. The molecule has 0 fully saturated rings. The van der Waals surface area contributed by atoms with E-state index < -0.39 is 5.63 Å². The van der Waals surface area contributed by atoms with Gasteiger partial charge < -0.3 is 14.9 Å². The minimum Gasteiger partial charge on any atom is -0.450 e. The Morgan fingerprint density at radius 1 is 1.41 bits per heavy atom. The van der Waals surface area contributed by atoms with Crippen LogP contribution in [0.4, 0.5) is 5.69 Å². The maximum Gasteiger partial charge on any atom is 0.397 e. The van der Waals surface area contributed by atoms with E-state index in [1.807, 2.05) is 6.92 Å². The van der Waals surface area contributed by atoms with Gasteiger partial charge in [-0.1, -0.05) is 6.92 Å². The molecule has 0 amide bonds. The van der Waals surface area contributed by atoms with E-state index in [9.17, 15) is 4.79 Å². The van der Waals surface area contributed by atoms with Gasteiger partial charge in [-0.15, -0.1) is 0 Å². The normalized spacial score (nSPS) is 10.7. The van der Waals surface area contributed by atoms with Crippen LogP contribution in [0.1, 0.15) is 19.4 Å². The molecule has 0 aliphatic rings. The van der Waals surface area contributed by atoms with Crippen LogP contribution in [-0.2, 0) is 6.42 Å². The zero-order chi connectivity index (χ0) is 12.4. The number of rotatable bonds is 3. The Balaban J connectivity index is 2.76. The highest BCUT2D eigenvalue weighted by Crippen LogP contribution is 2.20. The van der Waals surface area contributed by atoms with Crippen LogP contribution in [0.15, 0.2) is 21.3 Å². The first kappa shape index (κ1) is 11.4. The fourth-order valence-electron chi connectivity index (χ4n) is 1.75. The smallest absolute Gasteiger partial charge is 0.397 e. The highest BCUT2D eigenvalue weighted by atomic mass is 16.6. The van der Waals surface area contributed by atoms with Crippen molar-refractivity contribution in [1.29, 1.82) is 0 Å². The average molecular weight is 234 g/mol. The van der Waals surface area contributed by atoms with Crippen molar-refractivity contribution in [2.75, 3.05) is 12.3 Å². The van der Waals surface area contributed by atoms with Crippen molar-refractivity contribution in [3.63, 3.8) is 0 Å². The minimum absolute atomic E-state index is 0.0161. The standard InChI is InChI=1S/C12H14N2O3/c1-3-7-5-8(13)6-9-10(7)11(15)17-12(14-9)16-4-2/h5-6H,3-4,13H2,1-2H3. The summed E-state index contributed by atoms with van der Waals surface area (Å²) in [4.78, 5) is 16.0. The molecule has 0 aliphatic carbocycles. The molecule has 0 aliphatic heterocycles. The number of nitrogens with two attached hydrogens (primary N) is 1. The molecule has 0 unspecified atom stereocenters. The van der Waals surface area contributed by atoms with E-state index in [1.165, 1.54) is 0 Å². The predicted molar refractivity (Wildman–Crippen MR) is 65.2 cm³/mol. The molecule has 0 saturated heterocycles. The average Bonchev–Trinajstić information content (AvgIpc) is 2.27. The lowest BCUT2D eigenvalue weighted by Crippen LogP contribution is -2.08. The molecule has 1 aromatic carbocycles. The minimum atomic E-state index is -0.435. The highest BCUT2D eigenvalue weighted by Gasteiger charge is 2.11. The number of hydrogen-bond donors (Lipinski definition) is 1. The molecule has 0 saturated carbocycles. The second-order valence-electron chi connectivity index (χ2n) is 3.63. The van der Waals surface area contributed by atoms with E-state index in [0.29, 0.717) is 29.6 Å². The molecule has 0 bridgehead atoms. The molecular formula is C12H14N2O3.